The summed E-state index contributed by atoms with van der Waals surface area (Å²) >= 11 is 0. The number of hydrogen-bond acceptors (Lipinski definition) is 5. The Morgan fingerprint density at radius 1 is 1.30 bits per heavy atom. The number of carbonyl (C=O) groups excluding carboxylic acids is 1. The molecule has 0 atom stereocenters. The van der Waals surface area contributed by atoms with Gasteiger partial charge in [0.05, 0.1) is 19.2 Å². The van der Waals surface area contributed by atoms with Gasteiger partial charge in [-0.3, -0.25) is 0 Å². The molecular formula is C14H13NO5. The molecule has 0 spiro atoms. The van der Waals surface area contributed by atoms with E-state index in [1.807, 2.05) is 0 Å². The number of furan rings is 1. The lowest BCUT2D eigenvalue weighted by Crippen LogP contribution is -2.02. The second kappa shape index (κ2) is 5.92. The molecule has 2 aromatic rings. The van der Waals surface area contributed by atoms with Crippen LogP contribution in [0.15, 0.2) is 40.8 Å². The van der Waals surface area contributed by atoms with Gasteiger partial charge in [-0.1, -0.05) is 6.07 Å². The molecule has 6 nitrogen and oxygen atoms in total. The van der Waals surface area contributed by atoms with Crippen LogP contribution >= 0.6 is 0 Å². The average molecular weight is 275 g/mol. The zero-order chi connectivity index (χ0) is 14.5. The number of esters is 1. The average Bonchev–Trinajstić information content (AvgIpc) is 2.93. The van der Waals surface area contributed by atoms with Crippen LogP contribution in [0.4, 0.5) is 5.69 Å². The SMILES string of the molecule is COC(=O)c1ccc(CNc2cccc(C(=O)O)c2)o1. The number of ether oxygens (including phenoxy) is 1. The van der Waals surface area contributed by atoms with Crippen LogP contribution in [0.5, 0.6) is 0 Å². The lowest BCUT2D eigenvalue weighted by atomic mass is 10.2. The Bertz CT molecular complexity index is 632. The Morgan fingerprint density at radius 2 is 2.10 bits per heavy atom. The molecule has 0 bridgehead atoms. The van der Waals surface area contributed by atoms with Crippen LogP contribution in [-0.2, 0) is 11.3 Å². The van der Waals surface area contributed by atoms with Crippen molar-refractivity contribution < 1.29 is 23.8 Å². The number of methoxy groups -OCH3 is 1. The summed E-state index contributed by atoms with van der Waals surface area (Å²) in [6, 6.07) is 9.60. The van der Waals surface area contributed by atoms with Gasteiger partial charge in [0.15, 0.2) is 0 Å². The third-order valence-corrected chi connectivity index (χ3v) is 2.62. The van der Waals surface area contributed by atoms with Crippen LogP contribution < -0.4 is 5.32 Å². The van der Waals surface area contributed by atoms with E-state index >= 15 is 0 Å². The maximum Gasteiger partial charge on any atom is 0.373 e. The number of carboxylic acid groups (broad SMARTS) is 1. The van der Waals surface area contributed by atoms with Crippen molar-refractivity contribution in [2.45, 2.75) is 6.54 Å². The highest BCUT2D eigenvalue weighted by molar-refractivity contribution is 5.88. The minimum absolute atomic E-state index is 0.128. The summed E-state index contributed by atoms with van der Waals surface area (Å²) in [5.41, 5.74) is 0.852. The number of carboxylic acids is 1. The normalized spacial score (nSPS) is 10.1. The van der Waals surface area contributed by atoms with Gasteiger partial charge < -0.3 is 19.6 Å². The van der Waals surface area contributed by atoms with Crippen LogP contribution in [0.25, 0.3) is 0 Å². The molecule has 0 aliphatic carbocycles. The van der Waals surface area contributed by atoms with Crippen LogP contribution in [-0.4, -0.2) is 24.2 Å². The highest BCUT2D eigenvalue weighted by Crippen LogP contribution is 2.14. The largest absolute Gasteiger partial charge is 0.478 e. The van der Waals surface area contributed by atoms with Crippen LogP contribution in [0.1, 0.15) is 26.7 Å². The summed E-state index contributed by atoms with van der Waals surface area (Å²) in [4.78, 5) is 22.1. The minimum atomic E-state index is -0.986. The fraction of sp³-hybridized carbons (Fsp3) is 0.143. The van der Waals surface area contributed by atoms with Crippen LogP contribution in [0.3, 0.4) is 0 Å². The first kappa shape index (κ1) is 13.7. The van der Waals surface area contributed by atoms with Gasteiger partial charge in [-0.25, -0.2) is 9.59 Å². The first-order chi connectivity index (χ1) is 9.60. The maximum absolute atomic E-state index is 11.2. The second-order valence-electron chi connectivity index (χ2n) is 4.00. The van der Waals surface area contributed by atoms with Gasteiger partial charge in [0.2, 0.25) is 5.76 Å². The minimum Gasteiger partial charge on any atom is -0.478 e. The van der Waals surface area contributed by atoms with E-state index in [-0.39, 0.29) is 11.3 Å². The topological polar surface area (TPSA) is 88.8 Å². The molecule has 2 rings (SSSR count). The monoisotopic (exact) mass is 275 g/mol. The molecule has 1 aromatic heterocycles. The van der Waals surface area contributed by atoms with Gasteiger partial charge in [-0.15, -0.1) is 0 Å². The zero-order valence-corrected chi connectivity index (χ0v) is 10.8. The summed E-state index contributed by atoms with van der Waals surface area (Å²) in [5, 5.41) is 11.9. The zero-order valence-electron chi connectivity index (χ0n) is 10.8. The van der Waals surface area contributed by atoms with Gasteiger partial charge in [0.25, 0.3) is 0 Å². The van der Waals surface area contributed by atoms with E-state index in [1.165, 1.54) is 25.3 Å². The Kier molecular flexibility index (Phi) is 4.05. The molecule has 0 radical (unpaired) electrons. The molecule has 104 valence electrons. The number of carbonyl (C=O) groups is 2. The van der Waals surface area contributed by atoms with E-state index in [0.717, 1.165) is 0 Å². The van der Waals surface area contributed by atoms with Crippen LogP contribution in [0, 0.1) is 0 Å². The predicted molar refractivity (Wildman–Crippen MR) is 70.8 cm³/mol. The molecule has 0 aliphatic heterocycles. The number of anilines is 1. The third-order valence-electron chi connectivity index (χ3n) is 2.62. The highest BCUT2D eigenvalue weighted by atomic mass is 16.5. The van der Waals surface area contributed by atoms with E-state index in [0.29, 0.717) is 18.0 Å². The molecule has 20 heavy (non-hydrogen) atoms. The molecular weight excluding hydrogens is 262 g/mol. The van der Waals surface area contributed by atoms with E-state index < -0.39 is 11.9 Å². The van der Waals surface area contributed by atoms with E-state index in [9.17, 15) is 9.59 Å². The summed E-state index contributed by atoms with van der Waals surface area (Å²) in [6.45, 7) is 0.333. The number of rotatable bonds is 5. The molecule has 0 amide bonds. The number of hydrogen-bond donors (Lipinski definition) is 2. The molecule has 1 aromatic carbocycles. The van der Waals surface area contributed by atoms with Crippen molar-refractivity contribution in [3.8, 4) is 0 Å². The van der Waals surface area contributed by atoms with Gasteiger partial charge in [-0.05, 0) is 30.3 Å². The van der Waals surface area contributed by atoms with E-state index in [4.69, 9.17) is 9.52 Å². The lowest BCUT2D eigenvalue weighted by molar-refractivity contribution is 0.0562. The summed E-state index contributed by atoms with van der Waals surface area (Å²) in [5.74, 6) is -0.849. The Hall–Kier alpha value is -2.76. The highest BCUT2D eigenvalue weighted by Gasteiger charge is 2.11. The fourth-order valence-electron chi connectivity index (χ4n) is 1.63. The molecule has 0 fully saturated rings. The van der Waals surface area contributed by atoms with Gasteiger partial charge in [-0.2, -0.15) is 0 Å². The number of nitrogens with one attached hydrogen (secondary N) is 1. The van der Waals surface area contributed by atoms with Crippen molar-refractivity contribution in [3.05, 3.63) is 53.5 Å². The Balaban J connectivity index is 2.01. The maximum atomic E-state index is 11.2. The van der Waals surface area contributed by atoms with Crippen LogP contribution in [0.2, 0.25) is 0 Å². The fourth-order valence-corrected chi connectivity index (χ4v) is 1.63. The van der Waals surface area contributed by atoms with Crippen molar-refractivity contribution >= 4 is 17.6 Å². The molecule has 0 unspecified atom stereocenters. The summed E-state index contributed by atoms with van der Waals surface area (Å²) in [6.07, 6.45) is 0. The quantitative estimate of drug-likeness (QED) is 0.814. The van der Waals surface area contributed by atoms with Crippen molar-refractivity contribution in [2.75, 3.05) is 12.4 Å². The first-order valence-corrected chi connectivity index (χ1v) is 5.84. The summed E-state index contributed by atoms with van der Waals surface area (Å²) in [7, 11) is 1.28. The molecule has 0 aliphatic rings. The Morgan fingerprint density at radius 3 is 2.80 bits per heavy atom. The number of benzene rings is 1. The Labute approximate surface area is 115 Å². The van der Waals surface area contributed by atoms with Crippen molar-refractivity contribution in [1.29, 1.82) is 0 Å². The molecule has 0 saturated carbocycles. The van der Waals surface area contributed by atoms with Crippen molar-refractivity contribution in [3.63, 3.8) is 0 Å². The second-order valence-corrected chi connectivity index (χ2v) is 4.00. The van der Waals surface area contributed by atoms with Gasteiger partial charge in [0.1, 0.15) is 5.76 Å². The van der Waals surface area contributed by atoms with Crippen molar-refractivity contribution in [1.82, 2.24) is 0 Å². The molecule has 1 heterocycles. The van der Waals surface area contributed by atoms with E-state index in [1.54, 1.807) is 18.2 Å². The first-order valence-electron chi connectivity index (χ1n) is 5.84. The standard InChI is InChI=1S/C14H13NO5/c1-19-14(18)12-6-5-11(20-12)8-15-10-4-2-3-9(7-10)13(16)17/h2-7,15H,8H2,1H3,(H,16,17). The van der Waals surface area contributed by atoms with Gasteiger partial charge in [0, 0.05) is 5.69 Å². The smallest absolute Gasteiger partial charge is 0.373 e. The van der Waals surface area contributed by atoms with E-state index in [2.05, 4.69) is 10.1 Å². The third kappa shape index (κ3) is 3.17. The predicted octanol–water partition coefficient (Wildman–Crippen LogP) is 2.38. The molecule has 0 saturated heterocycles. The lowest BCUT2D eigenvalue weighted by Gasteiger charge is -2.05. The molecule has 2 N–H and O–H groups in total. The molecule has 6 heteroatoms. The number of aromatic carboxylic acids is 1. The van der Waals surface area contributed by atoms with Crippen molar-refractivity contribution in [2.24, 2.45) is 0 Å². The summed E-state index contributed by atoms with van der Waals surface area (Å²) < 4.78 is 9.82. The van der Waals surface area contributed by atoms with Gasteiger partial charge >= 0.3 is 11.9 Å².